The zero-order chi connectivity index (χ0) is 16.7. The average Bonchev–Trinajstić information content (AvgIpc) is 3.29. The topological polar surface area (TPSA) is 83.5 Å². The third kappa shape index (κ3) is 3.09. The van der Waals surface area contributed by atoms with Crippen molar-refractivity contribution in [3.05, 3.63) is 40.3 Å². The smallest absolute Gasteiger partial charge is 0.286 e. The van der Waals surface area contributed by atoms with Crippen LogP contribution in [0, 0.1) is 0 Å². The molecule has 1 fully saturated rings. The minimum absolute atomic E-state index is 0.0399. The molecule has 6 nitrogen and oxygen atoms in total. The second-order valence-corrected chi connectivity index (χ2v) is 8.58. The van der Waals surface area contributed by atoms with E-state index in [1.807, 2.05) is 6.92 Å². The number of nitrogens with one attached hydrogen (secondary N) is 2. The van der Waals surface area contributed by atoms with Gasteiger partial charge in [-0.2, -0.15) is 8.42 Å². The lowest BCUT2D eigenvalue weighted by molar-refractivity contribution is 0.595. The summed E-state index contributed by atoms with van der Waals surface area (Å²) in [6.45, 7) is 2.36. The van der Waals surface area contributed by atoms with Crippen LogP contribution in [-0.4, -0.2) is 25.8 Å². The Morgan fingerprint density at radius 1 is 1.38 bits per heavy atom. The van der Waals surface area contributed by atoms with Crippen LogP contribution in [0.25, 0.3) is 0 Å². The van der Waals surface area contributed by atoms with Crippen LogP contribution >= 0.6 is 11.3 Å². The number of hydrogen-bond donors (Lipinski definition) is 2. The van der Waals surface area contributed by atoms with E-state index in [4.69, 9.17) is 0 Å². The van der Waals surface area contributed by atoms with Crippen molar-refractivity contribution in [1.82, 2.24) is 10.3 Å². The van der Waals surface area contributed by atoms with Gasteiger partial charge in [0, 0.05) is 17.3 Å². The Kier molecular flexibility index (Phi) is 3.90. The summed E-state index contributed by atoms with van der Waals surface area (Å²) < 4.78 is 28.3. The highest BCUT2D eigenvalue weighted by Crippen LogP contribution is 2.41. The Bertz CT molecular complexity index is 900. The molecule has 2 aliphatic rings. The fourth-order valence-electron chi connectivity index (χ4n) is 2.62. The Morgan fingerprint density at radius 3 is 2.96 bits per heavy atom. The summed E-state index contributed by atoms with van der Waals surface area (Å²) in [6, 6.07) is 6.84. The van der Waals surface area contributed by atoms with E-state index in [9.17, 15) is 8.42 Å². The highest BCUT2D eigenvalue weighted by molar-refractivity contribution is 7.90. The van der Waals surface area contributed by atoms with Crippen LogP contribution in [0.5, 0.6) is 0 Å². The molecule has 0 amide bonds. The zero-order valence-electron chi connectivity index (χ0n) is 13.2. The minimum atomic E-state index is -3.63. The minimum Gasteiger partial charge on any atom is -0.341 e. The largest absolute Gasteiger partial charge is 0.341 e. The number of aromatic nitrogens is 1. The predicted octanol–water partition coefficient (Wildman–Crippen LogP) is 2.88. The number of rotatable bonds is 5. The van der Waals surface area contributed by atoms with Crippen molar-refractivity contribution in [2.75, 3.05) is 11.9 Å². The number of nitrogens with zero attached hydrogens (tertiary/aromatic N) is 2. The van der Waals surface area contributed by atoms with Crippen molar-refractivity contribution in [2.24, 2.45) is 4.40 Å². The molecule has 1 atom stereocenters. The van der Waals surface area contributed by atoms with Crippen molar-refractivity contribution in [2.45, 2.75) is 36.6 Å². The van der Waals surface area contributed by atoms with Gasteiger partial charge in [-0.25, -0.2) is 4.98 Å². The van der Waals surface area contributed by atoms with Gasteiger partial charge in [0.15, 0.2) is 0 Å². The lowest BCUT2D eigenvalue weighted by atomic mass is 10.2. The van der Waals surface area contributed by atoms with E-state index in [-0.39, 0.29) is 10.9 Å². The number of hydrogen-bond acceptors (Lipinski definition) is 6. The molecule has 1 aliphatic heterocycles. The third-order valence-electron chi connectivity index (χ3n) is 4.16. The van der Waals surface area contributed by atoms with E-state index in [1.165, 1.54) is 17.8 Å². The van der Waals surface area contributed by atoms with E-state index in [0.29, 0.717) is 24.0 Å². The van der Waals surface area contributed by atoms with Gasteiger partial charge in [0.05, 0.1) is 22.9 Å². The number of thiazole rings is 1. The van der Waals surface area contributed by atoms with Crippen molar-refractivity contribution in [3.63, 3.8) is 0 Å². The Hall–Kier alpha value is -1.77. The summed E-state index contributed by atoms with van der Waals surface area (Å²) in [4.78, 5) is 4.90. The first-order valence-corrected chi connectivity index (χ1v) is 10.2. The molecule has 126 valence electrons. The molecule has 1 saturated carbocycles. The zero-order valence-corrected chi connectivity index (χ0v) is 14.8. The second kappa shape index (κ2) is 5.94. The number of fused-ring (bicyclic) bond motifs is 1. The highest BCUT2D eigenvalue weighted by Gasteiger charge is 2.27. The highest BCUT2D eigenvalue weighted by atomic mass is 32.2. The van der Waals surface area contributed by atoms with Crippen molar-refractivity contribution < 1.29 is 8.42 Å². The lowest BCUT2D eigenvalue weighted by Gasteiger charge is -2.19. The molecular formula is C16H18N4O2S2. The van der Waals surface area contributed by atoms with E-state index < -0.39 is 10.0 Å². The number of sulfonamides is 1. The third-order valence-corrected chi connectivity index (χ3v) is 6.56. The van der Waals surface area contributed by atoms with Crippen LogP contribution in [-0.2, 0) is 10.0 Å². The molecular weight excluding hydrogens is 344 g/mol. The molecule has 1 unspecified atom stereocenters. The standard InChI is InChI=1S/C16H18N4O2S2/c1-10(13-9-23-16(19-13)11-6-7-11)17-8-15-18-12-4-2-3-5-14(12)24(21,22)20-15/h2-5,9-11,17H,6-8H2,1H3,(H,18,20). The Labute approximate surface area is 145 Å². The van der Waals surface area contributed by atoms with Gasteiger partial charge in [-0.1, -0.05) is 12.1 Å². The summed E-state index contributed by atoms with van der Waals surface area (Å²) in [7, 11) is -3.63. The monoisotopic (exact) mass is 362 g/mol. The quantitative estimate of drug-likeness (QED) is 0.854. The molecule has 2 aromatic rings. The molecule has 0 spiro atoms. The molecule has 1 aliphatic carbocycles. The summed E-state index contributed by atoms with van der Waals surface area (Å²) in [6.07, 6.45) is 2.49. The van der Waals surface area contributed by atoms with Gasteiger partial charge >= 0.3 is 0 Å². The molecule has 1 aromatic carbocycles. The number of para-hydroxylation sites is 1. The van der Waals surface area contributed by atoms with Gasteiger partial charge in [0.2, 0.25) is 0 Å². The summed E-state index contributed by atoms with van der Waals surface area (Å²) in [5, 5.41) is 9.67. The van der Waals surface area contributed by atoms with E-state index >= 15 is 0 Å². The van der Waals surface area contributed by atoms with E-state index in [0.717, 1.165) is 5.69 Å². The Morgan fingerprint density at radius 2 is 2.17 bits per heavy atom. The first-order valence-electron chi connectivity index (χ1n) is 7.91. The molecule has 0 saturated heterocycles. The first-order chi connectivity index (χ1) is 11.5. The lowest BCUT2D eigenvalue weighted by Crippen LogP contribution is -2.33. The fraction of sp³-hybridized carbons (Fsp3) is 0.375. The molecule has 2 heterocycles. The molecule has 8 heteroatoms. The van der Waals surface area contributed by atoms with E-state index in [1.54, 1.807) is 35.6 Å². The Balaban J connectivity index is 1.45. The molecule has 0 bridgehead atoms. The van der Waals surface area contributed by atoms with Crippen LogP contribution in [0.3, 0.4) is 0 Å². The summed E-state index contributed by atoms with van der Waals surface area (Å²) in [5.41, 5.74) is 1.57. The van der Waals surface area contributed by atoms with Gasteiger partial charge in [-0.3, -0.25) is 0 Å². The maximum absolute atomic E-state index is 12.2. The van der Waals surface area contributed by atoms with Crippen LogP contribution in [0.15, 0.2) is 38.9 Å². The van der Waals surface area contributed by atoms with Crippen molar-refractivity contribution in [1.29, 1.82) is 0 Å². The second-order valence-electron chi connectivity index (χ2n) is 6.12. The number of benzene rings is 1. The molecule has 24 heavy (non-hydrogen) atoms. The molecule has 2 N–H and O–H groups in total. The van der Waals surface area contributed by atoms with Crippen LogP contribution in [0.2, 0.25) is 0 Å². The van der Waals surface area contributed by atoms with Gasteiger partial charge in [0.1, 0.15) is 10.7 Å². The van der Waals surface area contributed by atoms with E-state index in [2.05, 4.69) is 25.4 Å². The number of anilines is 1. The van der Waals surface area contributed by atoms with Gasteiger partial charge in [-0.05, 0) is 31.9 Å². The molecule has 1 aromatic heterocycles. The molecule has 0 radical (unpaired) electrons. The van der Waals surface area contributed by atoms with Crippen LogP contribution in [0.1, 0.15) is 42.4 Å². The van der Waals surface area contributed by atoms with Gasteiger partial charge in [-0.15, -0.1) is 15.7 Å². The maximum Gasteiger partial charge on any atom is 0.286 e. The molecule has 4 rings (SSSR count). The van der Waals surface area contributed by atoms with Gasteiger partial charge < -0.3 is 10.6 Å². The summed E-state index contributed by atoms with van der Waals surface area (Å²) >= 11 is 1.71. The van der Waals surface area contributed by atoms with Crippen LogP contribution in [0.4, 0.5) is 5.69 Å². The normalized spacial score (nSPS) is 20.0. The van der Waals surface area contributed by atoms with Crippen molar-refractivity contribution >= 4 is 32.9 Å². The first kappa shape index (κ1) is 15.7. The van der Waals surface area contributed by atoms with Crippen molar-refractivity contribution in [3.8, 4) is 0 Å². The predicted molar refractivity (Wildman–Crippen MR) is 95.2 cm³/mol. The fourth-order valence-corrected chi connectivity index (χ4v) is 4.85. The maximum atomic E-state index is 12.2. The summed E-state index contributed by atoms with van der Waals surface area (Å²) in [5.74, 6) is 1.06. The van der Waals surface area contributed by atoms with Crippen LogP contribution < -0.4 is 10.6 Å². The average molecular weight is 362 g/mol. The SMILES string of the molecule is CC(NCC1=NS(=O)(=O)c2ccccc2N1)c1csc(C2CC2)n1. The van der Waals surface area contributed by atoms with Gasteiger partial charge in [0.25, 0.3) is 10.0 Å². The number of amidine groups is 1.